The van der Waals surface area contributed by atoms with Crippen molar-refractivity contribution < 1.29 is 9.59 Å². The van der Waals surface area contributed by atoms with E-state index < -0.39 is 0 Å². The summed E-state index contributed by atoms with van der Waals surface area (Å²) in [4.78, 5) is 32.0. The van der Waals surface area contributed by atoms with E-state index in [1.165, 1.54) is 18.1 Å². The van der Waals surface area contributed by atoms with Gasteiger partial charge in [0.25, 0.3) is 0 Å². The fourth-order valence-corrected chi connectivity index (χ4v) is 5.32. The van der Waals surface area contributed by atoms with Crippen molar-refractivity contribution in [3.63, 3.8) is 0 Å². The Bertz CT molecular complexity index is 1080. The molecule has 1 aliphatic carbocycles. The van der Waals surface area contributed by atoms with Gasteiger partial charge in [0.15, 0.2) is 0 Å². The number of hydrogen-bond donors (Lipinski definition) is 2. The van der Waals surface area contributed by atoms with Gasteiger partial charge in [-0.2, -0.15) is 0 Å². The molecule has 1 saturated heterocycles. The van der Waals surface area contributed by atoms with Crippen molar-refractivity contribution >= 4 is 34.9 Å². The maximum Gasteiger partial charge on any atom is 0.322 e. The van der Waals surface area contributed by atoms with Crippen molar-refractivity contribution in [2.24, 2.45) is 0 Å². The standard InChI is InChI=1S/C28H38ClN5O2/c1-20-5-8-25(19-27(20)29)31-28(36)34(12-4-11-33-15-13-32(3)14-16-33)26-10-7-22-6-9-24(30-21(2)35)17-23(22)18-26/h5-6,8-9,17,19,26H,4,7,10-16,18H2,1-3H3,(H,30,35)(H,31,36). The van der Waals surface area contributed by atoms with Crippen molar-refractivity contribution in [3.8, 4) is 0 Å². The normalized spacial score (nSPS) is 18.4. The number of anilines is 2. The lowest BCUT2D eigenvalue weighted by Gasteiger charge is -2.37. The second kappa shape index (κ2) is 12.1. The molecule has 2 aliphatic rings. The summed E-state index contributed by atoms with van der Waals surface area (Å²) in [6.07, 6.45) is 3.54. The molecule has 2 N–H and O–H groups in total. The summed E-state index contributed by atoms with van der Waals surface area (Å²) in [6.45, 7) is 9.50. The fraction of sp³-hybridized carbons (Fsp3) is 0.500. The number of halogens is 1. The molecule has 2 aromatic rings. The van der Waals surface area contributed by atoms with Gasteiger partial charge in [0.2, 0.25) is 5.91 Å². The SMILES string of the molecule is CC(=O)Nc1ccc2c(c1)CC(N(CCCN1CCN(C)CC1)C(=O)Nc1ccc(C)c(Cl)c1)CC2. The number of nitrogens with zero attached hydrogens (tertiary/aromatic N) is 3. The van der Waals surface area contributed by atoms with Crippen molar-refractivity contribution in [1.29, 1.82) is 0 Å². The minimum atomic E-state index is -0.0836. The quantitative estimate of drug-likeness (QED) is 0.568. The van der Waals surface area contributed by atoms with Gasteiger partial charge in [0, 0.05) is 62.1 Å². The average Bonchev–Trinajstić information content (AvgIpc) is 2.84. The Morgan fingerprint density at radius 3 is 2.47 bits per heavy atom. The summed E-state index contributed by atoms with van der Waals surface area (Å²) in [6, 6.07) is 11.8. The second-order valence-electron chi connectivity index (χ2n) is 10.1. The molecular weight excluding hydrogens is 474 g/mol. The minimum absolute atomic E-state index is 0.0796. The first-order valence-electron chi connectivity index (χ1n) is 12.9. The van der Waals surface area contributed by atoms with E-state index >= 15 is 0 Å². The molecule has 0 radical (unpaired) electrons. The molecule has 4 rings (SSSR count). The highest BCUT2D eigenvalue weighted by Crippen LogP contribution is 2.28. The Hall–Kier alpha value is -2.61. The maximum atomic E-state index is 13.6. The summed E-state index contributed by atoms with van der Waals surface area (Å²) in [5, 5.41) is 6.62. The van der Waals surface area contributed by atoms with Crippen LogP contribution in [-0.2, 0) is 17.6 Å². The molecule has 2 aromatic carbocycles. The number of nitrogens with one attached hydrogen (secondary N) is 2. The van der Waals surface area contributed by atoms with Crippen molar-refractivity contribution in [1.82, 2.24) is 14.7 Å². The number of urea groups is 1. The lowest BCUT2D eigenvalue weighted by atomic mass is 9.87. The zero-order valence-corrected chi connectivity index (χ0v) is 22.4. The zero-order chi connectivity index (χ0) is 25.7. The molecule has 1 unspecified atom stereocenters. The smallest absolute Gasteiger partial charge is 0.322 e. The van der Waals surface area contributed by atoms with E-state index in [1.807, 2.05) is 36.1 Å². The van der Waals surface area contributed by atoms with Gasteiger partial charge in [-0.05, 0) is 87.2 Å². The van der Waals surface area contributed by atoms with Crippen LogP contribution in [0.3, 0.4) is 0 Å². The summed E-state index contributed by atoms with van der Waals surface area (Å²) in [7, 11) is 2.17. The highest BCUT2D eigenvalue weighted by molar-refractivity contribution is 6.31. The monoisotopic (exact) mass is 511 g/mol. The van der Waals surface area contributed by atoms with Crippen molar-refractivity contribution in [2.75, 3.05) is 56.9 Å². The first kappa shape index (κ1) is 26.5. The average molecular weight is 512 g/mol. The molecule has 1 fully saturated rings. The summed E-state index contributed by atoms with van der Waals surface area (Å²) in [5.74, 6) is -0.0796. The Labute approximate surface area is 219 Å². The highest BCUT2D eigenvalue weighted by Gasteiger charge is 2.28. The van der Waals surface area contributed by atoms with Crippen LogP contribution in [-0.4, -0.2) is 79.0 Å². The number of rotatable bonds is 7. The zero-order valence-electron chi connectivity index (χ0n) is 21.6. The third-order valence-corrected chi connectivity index (χ3v) is 7.73. The lowest BCUT2D eigenvalue weighted by molar-refractivity contribution is -0.114. The molecule has 0 bridgehead atoms. The van der Waals surface area contributed by atoms with Gasteiger partial charge in [-0.1, -0.05) is 23.7 Å². The van der Waals surface area contributed by atoms with Gasteiger partial charge >= 0.3 is 6.03 Å². The van der Waals surface area contributed by atoms with Crippen LogP contribution in [0.1, 0.15) is 36.5 Å². The number of hydrogen-bond acceptors (Lipinski definition) is 4. The van der Waals surface area contributed by atoms with Crippen LogP contribution in [0.15, 0.2) is 36.4 Å². The van der Waals surface area contributed by atoms with Crippen molar-refractivity contribution in [2.45, 2.75) is 45.6 Å². The first-order chi connectivity index (χ1) is 17.3. The molecule has 1 aliphatic heterocycles. The molecule has 194 valence electrons. The van der Waals surface area contributed by atoms with E-state index in [0.29, 0.717) is 17.3 Å². The van der Waals surface area contributed by atoms with Crippen LogP contribution >= 0.6 is 11.6 Å². The number of carbonyl (C=O) groups excluding carboxylic acids is 2. The number of piperazine rings is 1. The van der Waals surface area contributed by atoms with Crippen LogP contribution < -0.4 is 10.6 Å². The number of benzene rings is 2. The van der Waals surface area contributed by atoms with Crippen LogP contribution in [0, 0.1) is 6.92 Å². The number of amides is 3. The van der Waals surface area contributed by atoms with Gasteiger partial charge in [-0.15, -0.1) is 0 Å². The molecule has 36 heavy (non-hydrogen) atoms. The highest BCUT2D eigenvalue weighted by atomic mass is 35.5. The Kier molecular flexibility index (Phi) is 8.88. The van der Waals surface area contributed by atoms with Gasteiger partial charge < -0.3 is 25.3 Å². The van der Waals surface area contributed by atoms with E-state index in [2.05, 4.69) is 39.6 Å². The van der Waals surface area contributed by atoms with Gasteiger partial charge in [0.1, 0.15) is 0 Å². The van der Waals surface area contributed by atoms with E-state index in [9.17, 15) is 9.59 Å². The van der Waals surface area contributed by atoms with Gasteiger partial charge in [0.05, 0.1) is 0 Å². The molecule has 7 nitrogen and oxygen atoms in total. The molecule has 3 amide bonds. The van der Waals surface area contributed by atoms with Crippen LogP contribution in [0.2, 0.25) is 5.02 Å². The predicted octanol–water partition coefficient (Wildman–Crippen LogP) is 4.64. The minimum Gasteiger partial charge on any atom is -0.326 e. The summed E-state index contributed by atoms with van der Waals surface area (Å²) < 4.78 is 0. The largest absolute Gasteiger partial charge is 0.326 e. The molecular formula is C28H38ClN5O2. The molecule has 1 atom stereocenters. The van der Waals surface area contributed by atoms with E-state index in [1.54, 1.807) is 0 Å². The Morgan fingerprint density at radius 1 is 1.03 bits per heavy atom. The van der Waals surface area contributed by atoms with Gasteiger partial charge in [-0.25, -0.2) is 4.79 Å². The maximum absolute atomic E-state index is 13.6. The second-order valence-corrected chi connectivity index (χ2v) is 10.6. The molecule has 0 spiro atoms. The molecule has 0 aromatic heterocycles. The third-order valence-electron chi connectivity index (χ3n) is 7.32. The van der Waals surface area contributed by atoms with E-state index in [4.69, 9.17) is 11.6 Å². The van der Waals surface area contributed by atoms with E-state index in [-0.39, 0.29) is 18.0 Å². The lowest BCUT2D eigenvalue weighted by Crippen LogP contribution is -2.48. The molecule has 0 saturated carbocycles. The van der Waals surface area contributed by atoms with Gasteiger partial charge in [-0.3, -0.25) is 4.79 Å². The van der Waals surface area contributed by atoms with Crippen LogP contribution in [0.4, 0.5) is 16.2 Å². The number of likely N-dealkylation sites (N-methyl/N-ethyl adjacent to an activating group) is 1. The van der Waals surface area contributed by atoms with Crippen LogP contribution in [0.25, 0.3) is 0 Å². The third kappa shape index (κ3) is 6.99. The molecule has 1 heterocycles. The van der Waals surface area contributed by atoms with Crippen molar-refractivity contribution in [3.05, 3.63) is 58.1 Å². The predicted molar refractivity (Wildman–Crippen MR) is 147 cm³/mol. The summed E-state index contributed by atoms with van der Waals surface area (Å²) in [5.41, 5.74) is 5.00. The topological polar surface area (TPSA) is 67.9 Å². The number of carbonyl (C=O) groups is 2. The Morgan fingerprint density at radius 2 is 1.75 bits per heavy atom. The fourth-order valence-electron chi connectivity index (χ4n) is 5.14. The first-order valence-corrected chi connectivity index (χ1v) is 13.3. The molecule has 8 heteroatoms. The van der Waals surface area contributed by atoms with Crippen LogP contribution in [0.5, 0.6) is 0 Å². The van der Waals surface area contributed by atoms with E-state index in [0.717, 1.165) is 69.7 Å². The Balaban J connectivity index is 1.47. The number of fused-ring (bicyclic) bond motifs is 1. The number of aryl methyl sites for hydroxylation is 2. The summed E-state index contributed by atoms with van der Waals surface area (Å²) >= 11 is 6.31.